The molecule has 1 rings (SSSR count). The molecule has 0 saturated carbocycles. The van der Waals surface area contributed by atoms with Crippen molar-refractivity contribution in [3.05, 3.63) is 22.0 Å². The molecule has 6 nitrogen and oxygen atoms in total. The number of nitrogens with zero attached hydrogens (tertiary/aromatic N) is 2. The number of aliphatic hydroxyl groups excluding tert-OH is 1. The van der Waals surface area contributed by atoms with Crippen LogP contribution in [0.5, 0.6) is 0 Å². The highest BCUT2D eigenvalue weighted by Crippen LogP contribution is 2.15. The highest BCUT2D eigenvalue weighted by Gasteiger charge is 2.16. The third-order valence-corrected chi connectivity index (χ3v) is 1.39. The molecule has 66 valence electrons. The Morgan fingerprint density at radius 1 is 1.92 bits per heavy atom. The smallest absolute Gasteiger partial charge is 0.309 e. The SMILES string of the molecule is C[C@@H](O)Cc1[nH]ncc1[N+](=O)[O-]. The lowest BCUT2D eigenvalue weighted by molar-refractivity contribution is -0.385. The highest BCUT2D eigenvalue weighted by atomic mass is 16.6. The van der Waals surface area contributed by atoms with E-state index in [0.29, 0.717) is 5.69 Å². The summed E-state index contributed by atoms with van der Waals surface area (Å²) in [7, 11) is 0. The summed E-state index contributed by atoms with van der Waals surface area (Å²) in [6.45, 7) is 1.56. The molecule has 0 aliphatic heterocycles. The quantitative estimate of drug-likeness (QED) is 0.503. The van der Waals surface area contributed by atoms with Gasteiger partial charge >= 0.3 is 5.69 Å². The first-order chi connectivity index (χ1) is 5.61. The maximum atomic E-state index is 10.3. The molecule has 1 aromatic heterocycles. The molecule has 1 aromatic rings. The maximum Gasteiger partial charge on any atom is 0.309 e. The normalized spacial score (nSPS) is 12.8. The van der Waals surface area contributed by atoms with Gasteiger partial charge in [0, 0.05) is 6.42 Å². The standard InChI is InChI=1S/C6H9N3O3/c1-4(10)2-5-6(9(11)12)3-7-8-5/h3-4,10H,2H2,1H3,(H,7,8)/t4-/m1/s1. The summed E-state index contributed by atoms with van der Waals surface area (Å²) in [5.41, 5.74) is 0.283. The Morgan fingerprint density at radius 2 is 2.58 bits per heavy atom. The van der Waals surface area contributed by atoms with Crippen LogP contribution in [0.25, 0.3) is 0 Å². The molecule has 0 bridgehead atoms. The average Bonchev–Trinajstić information content (AvgIpc) is 2.33. The monoisotopic (exact) mass is 171 g/mol. The molecule has 1 atom stereocenters. The van der Waals surface area contributed by atoms with Crippen LogP contribution < -0.4 is 0 Å². The second kappa shape index (κ2) is 3.31. The zero-order valence-corrected chi connectivity index (χ0v) is 6.52. The van der Waals surface area contributed by atoms with Crippen molar-refractivity contribution in [3.63, 3.8) is 0 Å². The summed E-state index contributed by atoms with van der Waals surface area (Å²) < 4.78 is 0. The molecule has 0 amide bonds. The van der Waals surface area contributed by atoms with Gasteiger partial charge in [0.1, 0.15) is 11.9 Å². The Balaban J connectivity index is 2.84. The Morgan fingerprint density at radius 3 is 3.08 bits per heavy atom. The average molecular weight is 171 g/mol. The number of aromatic amines is 1. The van der Waals surface area contributed by atoms with Gasteiger partial charge in [-0.2, -0.15) is 5.10 Å². The molecule has 0 spiro atoms. The predicted octanol–water partition coefficient (Wildman–Crippen LogP) is 0.241. The summed E-state index contributed by atoms with van der Waals surface area (Å²) in [6.07, 6.45) is 0.748. The first-order valence-electron chi connectivity index (χ1n) is 3.46. The third-order valence-electron chi connectivity index (χ3n) is 1.39. The van der Waals surface area contributed by atoms with Gasteiger partial charge in [-0.1, -0.05) is 0 Å². The number of H-pyrrole nitrogens is 1. The number of hydrogen-bond acceptors (Lipinski definition) is 4. The van der Waals surface area contributed by atoms with Crippen molar-refractivity contribution in [1.82, 2.24) is 10.2 Å². The summed E-state index contributed by atoms with van der Waals surface area (Å²) in [5, 5.41) is 25.3. The summed E-state index contributed by atoms with van der Waals surface area (Å²) in [5.74, 6) is 0. The minimum absolute atomic E-state index is 0.0732. The lowest BCUT2D eigenvalue weighted by Gasteiger charge is -1.99. The highest BCUT2D eigenvalue weighted by molar-refractivity contribution is 5.32. The molecular weight excluding hydrogens is 162 g/mol. The van der Waals surface area contributed by atoms with E-state index in [9.17, 15) is 10.1 Å². The van der Waals surface area contributed by atoms with E-state index in [1.807, 2.05) is 0 Å². The van der Waals surface area contributed by atoms with Crippen LogP contribution in [0.2, 0.25) is 0 Å². The first kappa shape index (κ1) is 8.66. The van der Waals surface area contributed by atoms with Crippen LogP contribution in [0.3, 0.4) is 0 Å². The van der Waals surface area contributed by atoms with E-state index < -0.39 is 11.0 Å². The second-order valence-corrected chi connectivity index (χ2v) is 2.54. The van der Waals surface area contributed by atoms with E-state index in [1.165, 1.54) is 0 Å². The molecule has 0 aromatic carbocycles. The maximum absolute atomic E-state index is 10.3. The summed E-state index contributed by atoms with van der Waals surface area (Å²) >= 11 is 0. The van der Waals surface area contributed by atoms with Gasteiger partial charge in [0.15, 0.2) is 0 Å². The number of aliphatic hydroxyl groups is 1. The Labute approximate surface area is 68.4 Å². The zero-order chi connectivity index (χ0) is 9.14. The van der Waals surface area contributed by atoms with Gasteiger partial charge < -0.3 is 5.11 Å². The Hall–Kier alpha value is -1.43. The lowest BCUT2D eigenvalue weighted by Crippen LogP contribution is -2.06. The number of hydrogen-bond donors (Lipinski definition) is 2. The van der Waals surface area contributed by atoms with E-state index in [-0.39, 0.29) is 12.1 Å². The van der Waals surface area contributed by atoms with Crippen LogP contribution in [0.4, 0.5) is 5.69 Å². The molecule has 0 aliphatic carbocycles. The van der Waals surface area contributed by atoms with Gasteiger partial charge in [0.05, 0.1) is 11.0 Å². The minimum atomic E-state index is -0.607. The molecule has 0 fully saturated rings. The number of nitro groups is 1. The molecule has 1 heterocycles. The van der Waals surface area contributed by atoms with Gasteiger partial charge in [-0.15, -0.1) is 0 Å². The van der Waals surface area contributed by atoms with Crippen molar-refractivity contribution < 1.29 is 10.0 Å². The van der Waals surface area contributed by atoms with Crippen LogP contribution >= 0.6 is 0 Å². The van der Waals surface area contributed by atoms with Gasteiger partial charge in [-0.05, 0) is 6.92 Å². The fourth-order valence-corrected chi connectivity index (χ4v) is 0.909. The van der Waals surface area contributed by atoms with Crippen LogP contribution in [0.1, 0.15) is 12.6 Å². The van der Waals surface area contributed by atoms with Gasteiger partial charge in [-0.3, -0.25) is 15.2 Å². The van der Waals surface area contributed by atoms with E-state index in [1.54, 1.807) is 6.92 Å². The van der Waals surface area contributed by atoms with E-state index in [4.69, 9.17) is 5.11 Å². The van der Waals surface area contributed by atoms with Gasteiger partial charge in [0.2, 0.25) is 0 Å². The Bertz CT molecular complexity index is 281. The Kier molecular flexibility index (Phi) is 2.39. The number of aromatic nitrogens is 2. The third kappa shape index (κ3) is 1.79. The van der Waals surface area contributed by atoms with Crippen molar-refractivity contribution in [2.75, 3.05) is 0 Å². The zero-order valence-electron chi connectivity index (χ0n) is 6.52. The minimum Gasteiger partial charge on any atom is -0.393 e. The van der Waals surface area contributed by atoms with Crippen LogP contribution in [-0.2, 0) is 6.42 Å². The molecule has 0 aliphatic rings. The van der Waals surface area contributed by atoms with E-state index in [0.717, 1.165) is 6.20 Å². The van der Waals surface area contributed by atoms with Gasteiger partial charge in [0.25, 0.3) is 0 Å². The van der Waals surface area contributed by atoms with E-state index >= 15 is 0 Å². The molecule has 0 saturated heterocycles. The molecular formula is C6H9N3O3. The largest absolute Gasteiger partial charge is 0.393 e. The molecule has 0 unspecified atom stereocenters. The lowest BCUT2D eigenvalue weighted by atomic mass is 10.2. The van der Waals surface area contributed by atoms with Crippen molar-refractivity contribution in [2.24, 2.45) is 0 Å². The molecule has 0 radical (unpaired) electrons. The predicted molar refractivity (Wildman–Crippen MR) is 40.6 cm³/mol. The number of rotatable bonds is 3. The molecule has 12 heavy (non-hydrogen) atoms. The van der Waals surface area contributed by atoms with Crippen LogP contribution in [0.15, 0.2) is 6.20 Å². The summed E-state index contributed by atoms with van der Waals surface area (Å²) in [6, 6.07) is 0. The van der Waals surface area contributed by atoms with E-state index in [2.05, 4.69) is 10.2 Å². The fraction of sp³-hybridized carbons (Fsp3) is 0.500. The molecule has 2 N–H and O–H groups in total. The van der Waals surface area contributed by atoms with Crippen molar-refractivity contribution in [1.29, 1.82) is 0 Å². The van der Waals surface area contributed by atoms with Crippen LogP contribution in [-0.4, -0.2) is 26.3 Å². The fourth-order valence-electron chi connectivity index (χ4n) is 0.909. The van der Waals surface area contributed by atoms with Crippen molar-refractivity contribution in [2.45, 2.75) is 19.4 Å². The topological polar surface area (TPSA) is 92.0 Å². The first-order valence-corrected chi connectivity index (χ1v) is 3.46. The second-order valence-electron chi connectivity index (χ2n) is 2.54. The summed E-state index contributed by atoms with van der Waals surface area (Å²) in [4.78, 5) is 9.80. The van der Waals surface area contributed by atoms with Crippen molar-refractivity contribution in [3.8, 4) is 0 Å². The van der Waals surface area contributed by atoms with Gasteiger partial charge in [-0.25, -0.2) is 0 Å². The van der Waals surface area contributed by atoms with Crippen LogP contribution in [0, 0.1) is 10.1 Å². The molecule has 6 heteroatoms. The van der Waals surface area contributed by atoms with Crippen molar-refractivity contribution >= 4 is 5.69 Å². The number of nitrogens with one attached hydrogen (secondary N) is 1.